The Balaban J connectivity index is 3.18. The van der Waals surface area contributed by atoms with Crippen molar-refractivity contribution in [2.75, 3.05) is 11.9 Å². The summed E-state index contributed by atoms with van der Waals surface area (Å²) in [4.78, 5) is 22.1. The third kappa shape index (κ3) is 2.22. The van der Waals surface area contributed by atoms with Gasteiger partial charge in [-0.3, -0.25) is 14.9 Å². The number of anilines is 1. The third-order valence-electron chi connectivity index (χ3n) is 2.02. The number of phenolic OH excluding ortho intramolecular Hbond substituents is 1. The van der Waals surface area contributed by atoms with Gasteiger partial charge in [0.1, 0.15) is 0 Å². The quantitative estimate of drug-likeness (QED) is 0.588. The first-order chi connectivity index (χ1) is 6.93. The number of amides is 1. The zero-order valence-electron chi connectivity index (χ0n) is 8.30. The zero-order chi connectivity index (χ0) is 11.6. The van der Waals surface area contributed by atoms with E-state index in [1.165, 1.54) is 31.0 Å². The predicted molar refractivity (Wildman–Crippen MR) is 53.8 cm³/mol. The first-order valence-electron chi connectivity index (χ1n) is 4.15. The molecule has 1 N–H and O–H groups in total. The molecule has 0 saturated heterocycles. The number of phenols is 1. The number of carbonyl (C=O) groups is 1. The van der Waals surface area contributed by atoms with E-state index in [2.05, 4.69) is 0 Å². The minimum atomic E-state index is -0.702. The van der Waals surface area contributed by atoms with Crippen LogP contribution in [0.25, 0.3) is 0 Å². The minimum Gasteiger partial charge on any atom is -0.502 e. The molecule has 1 rings (SSSR count). The Hall–Kier alpha value is -2.11. The molecular weight excluding hydrogens is 200 g/mol. The summed E-state index contributed by atoms with van der Waals surface area (Å²) < 4.78 is 0. The van der Waals surface area contributed by atoms with Crippen molar-refractivity contribution in [2.24, 2.45) is 0 Å². The number of carbonyl (C=O) groups excluding carboxylic acids is 1. The fraction of sp³-hybridized carbons (Fsp3) is 0.222. The second-order valence-corrected chi connectivity index (χ2v) is 3.01. The molecule has 6 nitrogen and oxygen atoms in total. The summed E-state index contributed by atoms with van der Waals surface area (Å²) >= 11 is 0. The van der Waals surface area contributed by atoms with Gasteiger partial charge in [-0.05, 0) is 12.1 Å². The van der Waals surface area contributed by atoms with Crippen LogP contribution in [-0.2, 0) is 4.79 Å². The first-order valence-corrected chi connectivity index (χ1v) is 4.15. The Kier molecular flexibility index (Phi) is 2.89. The van der Waals surface area contributed by atoms with Crippen molar-refractivity contribution in [3.8, 4) is 5.75 Å². The molecule has 0 heterocycles. The highest BCUT2D eigenvalue weighted by molar-refractivity contribution is 5.91. The molecule has 0 atom stereocenters. The van der Waals surface area contributed by atoms with Crippen LogP contribution in [0.15, 0.2) is 18.2 Å². The minimum absolute atomic E-state index is 0.241. The lowest BCUT2D eigenvalue weighted by atomic mass is 10.2. The molecule has 0 aliphatic heterocycles. The molecule has 1 aromatic rings. The lowest BCUT2D eigenvalue weighted by Crippen LogP contribution is -2.22. The molecule has 0 saturated carbocycles. The topological polar surface area (TPSA) is 83.7 Å². The molecule has 1 aromatic carbocycles. The highest BCUT2D eigenvalue weighted by atomic mass is 16.6. The standard InChI is InChI=1S/C9H10N2O4/c1-6(12)10(2)7-3-4-9(13)8(5-7)11(14)15/h3-5,13H,1-2H3. The number of rotatable bonds is 2. The second kappa shape index (κ2) is 3.95. The average molecular weight is 210 g/mol. The summed E-state index contributed by atoms with van der Waals surface area (Å²) in [5.74, 6) is -0.657. The van der Waals surface area contributed by atoms with E-state index in [-0.39, 0.29) is 5.91 Å². The van der Waals surface area contributed by atoms with Gasteiger partial charge in [-0.25, -0.2) is 0 Å². The van der Waals surface area contributed by atoms with Gasteiger partial charge < -0.3 is 10.0 Å². The molecule has 0 fully saturated rings. The number of aromatic hydroxyl groups is 1. The lowest BCUT2D eigenvalue weighted by Gasteiger charge is -2.14. The lowest BCUT2D eigenvalue weighted by molar-refractivity contribution is -0.385. The molecule has 15 heavy (non-hydrogen) atoms. The van der Waals surface area contributed by atoms with E-state index in [4.69, 9.17) is 0 Å². The van der Waals surface area contributed by atoms with Crippen molar-refractivity contribution in [1.29, 1.82) is 0 Å². The van der Waals surface area contributed by atoms with Crippen LogP contribution in [0.2, 0.25) is 0 Å². The fourth-order valence-corrected chi connectivity index (χ4v) is 1.05. The van der Waals surface area contributed by atoms with Gasteiger partial charge in [0, 0.05) is 20.0 Å². The van der Waals surface area contributed by atoms with Gasteiger partial charge in [-0.15, -0.1) is 0 Å². The third-order valence-corrected chi connectivity index (χ3v) is 2.02. The predicted octanol–water partition coefficient (Wildman–Crippen LogP) is 1.28. The summed E-state index contributed by atoms with van der Waals surface area (Å²) in [6, 6.07) is 3.77. The normalized spacial score (nSPS) is 9.73. The average Bonchev–Trinajstić information content (AvgIpc) is 2.16. The van der Waals surface area contributed by atoms with Gasteiger partial charge in [-0.1, -0.05) is 0 Å². The highest BCUT2D eigenvalue weighted by Crippen LogP contribution is 2.29. The number of nitro benzene ring substituents is 1. The summed E-state index contributed by atoms with van der Waals surface area (Å²) in [5, 5.41) is 19.7. The number of hydrogen-bond acceptors (Lipinski definition) is 4. The van der Waals surface area contributed by atoms with E-state index in [9.17, 15) is 20.0 Å². The van der Waals surface area contributed by atoms with Crippen LogP contribution >= 0.6 is 0 Å². The van der Waals surface area contributed by atoms with E-state index < -0.39 is 16.4 Å². The van der Waals surface area contributed by atoms with Gasteiger partial charge in [0.05, 0.1) is 10.6 Å². The number of nitro groups is 1. The first kappa shape index (κ1) is 11.0. The number of nitrogens with zero attached hydrogens (tertiary/aromatic N) is 2. The molecule has 0 bridgehead atoms. The molecule has 6 heteroatoms. The Morgan fingerprint density at radius 3 is 2.60 bits per heavy atom. The van der Waals surface area contributed by atoms with Crippen LogP contribution in [0.3, 0.4) is 0 Å². The van der Waals surface area contributed by atoms with Gasteiger partial charge in [0.2, 0.25) is 5.91 Å². The second-order valence-electron chi connectivity index (χ2n) is 3.01. The maximum Gasteiger partial charge on any atom is 0.312 e. The van der Waals surface area contributed by atoms with Crippen LogP contribution in [-0.4, -0.2) is 23.0 Å². The molecule has 1 amide bonds. The van der Waals surface area contributed by atoms with E-state index in [0.29, 0.717) is 5.69 Å². The maximum absolute atomic E-state index is 11.0. The Labute approximate surface area is 85.9 Å². The fourth-order valence-electron chi connectivity index (χ4n) is 1.05. The summed E-state index contributed by atoms with van der Waals surface area (Å²) in [5.41, 5.74) is -0.0485. The van der Waals surface area contributed by atoms with Crippen molar-refractivity contribution >= 4 is 17.3 Å². The van der Waals surface area contributed by atoms with Gasteiger partial charge in [-0.2, -0.15) is 0 Å². The largest absolute Gasteiger partial charge is 0.502 e. The smallest absolute Gasteiger partial charge is 0.312 e. The van der Waals surface area contributed by atoms with Crippen molar-refractivity contribution in [3.63, 3.8) is 0 Å². The molecule has 0 unspecified atom stereocenters. The van der Waals surface area contributed by atoms with Crippen molar-refractivity contribution in [1.82, 2.24) is 0 Å². The van der Waals surface area contributed by atoms with Gasteiger partial charge in [0.25, 0.3) is 0 Å². The van der Waals surface area contributed by atoms with E-state index >= 15 is 0 Å². The number of benzene rings is 1. The number of hydrogen-bond donors (Lipinski definition) is 1. The molecule has 0 spiro atoms. The summed E-state index contributed by atoms with van der Waals surface area (Å²) in [6.45, 7) is 1.35. The van der Waals surface area contributed by atoms with Crippen LogP contribution < -0.4 is 4.90 Å². The Morgan fingerprint density at radius 1 is 1.53 bits per heavy atom. The van der Waals surface area contributed by atoms with Crippen molar-refractivity contribution in [3.05, 3.63) is 28.3 Å². The summed E-state index contributed by atoms with van der Waals surface area (Å²) in [6.07, 6.45) is 0. The maximum atomic E-state index is 11.0. The molecule has 0 radical (unpaired) electrons. The monoisotopic (exact) mass is 210 g/mol. The molecule has 0 aliphatic carbocycles. The zero-order valence-corrected chi connectivity index (χ0v) is 8.30. The van der Waals surface area contributed by atoms with Crippen LogP contribution in [0, 0.1) is 10.1 Å². The Morgan fingerprint density at radius 2 is 2.13 bits per heavy atom. The van der Waals surface area contributed by atoms with E-state index in [1.54, 1.807) is 0 Å². The van der Waals surface area contributed by atoms with Gasteiger partial charge >= 0.3 is 5.69 Å². The highest BCUT2D eigenvalue weighted by Gasteiger charge is 2.16. The van der Waals surface area contributed by atoms with E-state index in [1.807, 2.05) is 0 Å². The SMILES string of the molecule is CC(=O)N(C)c1ccc(O)c([N+](=O)[O-])c1. The molecular formula is C9H10N2O4. The van der Waals surface area contributed by atoms with Crippen LogP contribution in [0.5, 0.6) is 5.75 Å². The van der Waals surface area contributed by atoms with Gasteiger partial charge in [0.15, 0.2) is 5.75 Å². The molecule has 0 aromatic heterocycles. The van der Waals surface area contributed by atoms with Crippen molar-refractivity contribution < 1.29 is 14.8 Å². The molecule has 0 aliphatic rings. The van der Waals surface area contributed by atoms with Crippen LogP contribution in [0.1, 0.15) is 6.92 Å². The Bertz CT molecular complexity index is 417. The van der Waals surface area contributed by atoms with Crippen LogP contribution in [0.4, 0.5) is 11.4 Å². The van der Waals surface area contributed by atoms with E-state index in [0.717, 1.165) is 6.07 Å². The van der Waals surface area contributed by atoms with Crippen molar-refractivity contribution in [2.45, 2.75) is 6.92 Å². The summed E-state index contributed by atoms with van der Waals surface area (Å²) in [7, 11) is 1.50. The molecule has 80 valence electrons.